The molecule has 0 bridgehead atoms. The van der Waals surface area contributed by atoms with Crippen molar-refractivity contribution in [3.05, 3.63) is 53.0 Å². The molecule has 1 aromatic carbocycles. The Bertz CT molecular complexity index is 996. The van der Waals surface area contributed by atoms with E-state index < -0.39 is 0 Å². The molecule has 2 aromatic heterocycles. The highest BCUT2D eigenvalue weighted by Crippen LogP contribution is 2.34. The fraction of sp³-hybridized carbons (Fsp3) is 0.381. The number of carbonyl (C=O) groups excluding carboxylic acids is 1. The first-order chi connectivity index (χ1) is 14.1. The van der Waals surface area contributed by atoms with Gasteiger partial charge in [-0.05, 0) is 37.1 Å². The second-order valence-corrected chi connectivity index (χ2v) is 7.61. The maximum absolute atomic E-state index is 13.2. The van der Waals surface area contributed by atoms with Crippen LogP contribution in [-0.2, 0) is 7.05 Å². The highest BCUT2D eigenvalue weighted by atomic mass is 35.5. The number of hydrogen-bond acceptors (Lipinski definition) is 5. The predicted molar refractivity (Wildman–Crippen MR) is 109 cm³/mol. The van der Waals surface area contributed by atoms with Gasteiger partial charge in [-0.25, -0.2) is 0 Å². The van der Waals surface area contributed by atoms with Crippen molar-refractivity contribution in [1.82, 2.24) is 19.8 Å². The van der Waals surface area contributed by atoms with Gasteiger partial charge in [0, 0.05) is 31.4 Å². The fourth-order valence-corrected chi connectivity index (χ4v) is 3.99. The molecule has 7 nitrogen and oxygen atoms in total. The van der Waals surface area contributed by atoms with E-state index in [9.17, 15) is 4.79 Å². The second kappa shape index (κ2) is 8.29. The molecule has 0 unspecified atom stereocenters. The molecule has 0 radical (unpaired) electrons. The topological polar surface area (TPSA) is 73.4 Å². The van der Waals surface area contributed by atoms with Gasteiger partial charge in [0.2, 0.25) is 0 Å². The molecule has 4 rings (SSSR count). The average Bonchev–Trinajstić information content (AvgIpc) is 3.26. The van der Waals surface area contributed by atoms with E-state index in [-0.39, 0.29) is 17.6 Å². The first kappa shape index (κ1) is 19.5. The maximum Gasteiger partial charge on any atom is 0.276 e. The van der Waals surface area contributed by atoms with Crippen molar-refractivity contribution in [2.45, 2.75) is 31.7 Å². The number of hydrogen-bond donors (Lipinski definition) is 0. The van der Waals surface area contributed by atoms with Gasteiger partial charge in [0.05, 0.1) is 18.2 Å². The first-order valence-corrected chi connectivity index (χ1v) is 10.1. The van der Waals surface area contributed by atoms with E-state index >= 15 is 0 Å². The number of aromatic nitrogens is 3. The van der Waals surface area contributed by atoms with Crippen LogP contribution >= 0.6 is 11.6 Å². The third-order valence-electron chi connectivity index (χ3n) is 5.24. The Hall–Kier alpha value is -2.80. The summed E-state index contributed by atoms with van der Waals surface area (Å²) < 4.78 is 12.4. The second-order valence-electron chi connectivity index (χ2n) is 7.21. The van der Waals surface area contributed by atoms with Crippen LogP contribution in [0.2, 0.25) is 5.02 Å². The zero-order valence-corrected chi connectivity index (χ0v) is 17.2. The zero-order chi connectivity index (χ0) is 20.4. The molecule has 1 aliphatic heterocycles. The Morgan fingerprint density at radius 3 is 2.72 bits per heavy atom. The van der Waals surface area contributed by atoms with E-state index in [4.69, 9.17) is 20.9 Å². The SMILES string of the molecule is COc1ccc(-c2cc([C@H]3CCCCCN3C(=O)c3nn(C)cc3Cl)on2)cc1. The van der Waals surface area contributed by atoms with E-state index in [1.807, 2.05) is 35.2 Å². The Kier molecular flexibility index (Phi) is 5.58. The van der Waals surface area contributed by atoms with Gasteiger partial charge in [0.1, 0.15) is 11.4 Å². The Balaban J connectivity index is 1.63. The molecular formula is C21H23ClN4O3. The molecule has 0 aliphatic carbocycles. The summed E-state index contributed by atoms with van der Waals surface area (Å²) in [7, 11) is 3.38. The smallest absolute Gasteiger partial charge is 0.276 e. The van der Waals surface area contributed by atoms with Gasteiger partial charge in [0.25, 0.3) is 5.91 Å². The van der Waals surface area contributed by atoms with Crippen molar-refractivity contribution in [3.8, 4) is 17.0 Å². The number of benzene rings is 1. The van der Waals surface area contributed by atoms with Crippen LogP contribution in [-0.4, -0.2) is 39.4 Å². The van der Waals surface area contributed by atoms with E-state index in [1.54, 1.807) is 25.0 Å². The van der Waals surface area contributed by atoms with Crippen molar-refractivity contribution in [2.24, 2.45) is 7.05 Å². The first-order valence-electron chi connectivity index (χ1n) is 9.68. The molecule has 1 fully saturated rings. The van der Waals surface area contributed by atoms with Crippen LogP contribution < -0.4 is 4.74 Å². The molecular weight excluding hydrogens is 392 g/mol. The molecule has 29 heavy (non-hydrogen) atoms. The number of ether oxygens (including phenoxy) is 1. The summed E-state index contributed by atoms with van der Waals surface area (Å²) in [6.07, 6.45) is 5.47. The van der Waals surface area contributed by atoms with Crippen molar-refractivity contribution in [3.63, 3.8) is 0 Å². The van der Waals surface area contributed by atoms with E-state index in [0.29, 0.717) is 17.3 Å². The molecule has 0 spiro atoms. The molecule has 1 saturated heterocycles. The predicted octanol–water partition coefficient (Wildman–Crippen LogP) is 4.49. The van der Waals surface area contributed by atoms with Crippen molar-refractivity contribution in [1.29, 1.82) is 0 Å². The number of aryl methyl sites for hydroxylation is 1. The zero-order valence-electron chi connectivity index (χ0n) is 16.5. The minimum absolute atomic E-state index is 0.176. The number of nitrogens with zero attached hydrogens (tertiary/aromatic N) is 4. The van der Waals surface area contributed by atoms with Crippen LogP contribution in [0.15, 0.2) is 41.1 Å². The minimum Gasteiger partial charge on any atom is -0.497 e. The fourth-order valence-electron chi connectivity index (χ4n) is 3.73. The van der Waals surface area contributed by atoms with Crippen LogP contribution in [0.3, 0.4) is 0 Å². The molecule has 152 valence electrons. The van der Waals surface area contributed by atoms with Gasteiger partial charge < -0.3 is 14.2 Å². The number of halogens is 1. The van der Waals surface area contributed by atoms with Gasteiger partial charge in [0.15, 0.2) is 11.5 Å². The number of rotatable bonds is 4. The van der Waals surface area contributed by atoms with Crippen LogP contribution in [0.1, 0.15) is 48.0 Å². The van der Waals surface area contributed by atoms with Gasteiger partial charge in [-0.15, -0.1) is 0 Å². The lowest BCUT2D eigenvalue weighted by atomic mass is 10.1. The minimum atomic E-state index is -0.192. The lowest BCUT2D eigenvalue weighted by Crippen LogP contribution is -2.35. The molecule has 3 heterocycles. The molecule has 0 saturated carbocycles. The summed E-state index contributed by atoms with van der Waals surface area (Å²) in [4.78, 5) is 15.0. The van der Waals surface area contributed by atoms with Gasteiger partial charge in [-0.2, -0.15) is 5.10 Å². The third-order valence-corrected chi connectivity index (χ3v) is 5.52. The summed E-state index contributed by atoms with van der Waals surface area (Å²) in [5.41, 5.74) is 1.94. The normalized spacial score (nSPS) is 17.2. The number of likely N-dealkylation sites (tertiary alicyclic amines) is 1. The number of carbonyl (C=O) groups is 1. The largest absolute Gasteiger partial charge is 0.497 e. The van der Waals surface area contributed by atoms with Gasteiger partial charge in [-0.1, -0.05) is 29.6 Å². The monoisotopic (exact) mass is 414 g/mol. The maximum atomic E-state index is 13.2. The quantitative estimate of drug-likeness (QED) is 0.628. The van der Waals surface area contributed by atoms with Crippen molar-refractivity contribution in [2.75, 3.05) is 13.7 Å². The van der Waals surface area contributed by atoms with Crippen LogP contribution in [0.5, 0.6) is 5.75 Å². The van der Waals surface area contributed by atoms with E-state index in [1.165, 1.54) is 0 Å². The Morgan fingerprint density at radius 2 is 2.03 bits per heavy atom. The Morgan fingerprint density at radius 1 is 1.24 bits per heavy atom. The summed E-state index contributed by atoms with van der Waals surface area (Å²) in [6, 6.07) is 9.36. The molecule has 1 atom stereocenters. The summed E-state index contributed by atoms with van der Waals surface area (Å²) in [5.74, 6) is 1.29. The highest BCUT2D eigenvalue weighted by molar-refractivity contribution is 6.33. The molecule has 8 heteroatoms. The lowest BCUT2D eigenvalue weighted by molar-refractivity contribution is 0.0644. The van der Waals surface area contributed by atoms with Crippen molar-refractivity contribution >= 4 is 17.5 Å². The van der Waals surface area contributed by atoms with E-state index in [2.05, 4.69) is 10.3 Å². The van der Waals surface area contributed by atoms with Crippen LogP contribution in [0.4, 0.5) is 0 Å². The van der Waals surface area contributed by atoms with E-state index in [0.717, 1.165) is 42.7 Å². The summed E-state index contributed by atoms with van der Waals surface area (Å²) >= 11 is 6.23. The molecule has 1 aliphatic rings. The van der Waals surface area contributed by atoms with Gasteiger partial charge >= 0.3 is 0 Å². The number of methoxy groups -OCH3 is 1. The summed E-state index contributed by atoms with van der Waals surface area (Å²) in [5, 5.41) is 8.84. The Labute approximate surface area is 174 Å². The molecule has 0 N–H and O–H groups in total. The number of amides is 1. The lowest BCUT2D eigenvalue weighted by Gasteiger charge is -2.27. The standard InChI is InChI=1S/C21H23ClN4O3/c1-25-13-16(22)20(23-25)21(27)26-11-5-3-4-6-18(26)19-12-17(24-29-19)14-7-9-15(28-2)10-8-14/h7-10,12-13,18H,3-6,11H2,1-2H3/t18-/m1/s1. The van der Waals surface area contributed by atoms with Gasteiger partial charge in [-0.3, -0.25) is 9.48 Å². The summed E-state index contributed by atoms with van der Waals surface area (Å²) in [6.45, 7) is 0.634. The molecule has 1 amide bonds. The van der Waals surface area contributed by atoms with Crippen LogP contribution in [0, 0.1) is 0 Å². The van der Waals surface area contributed by atoms with Crippen LogP contribution in [0.25, 0.3) is 11.3 Å². The molecule has 3 aromatic rings. The highest BCUT2D eigenvalue weighted by Gasteiger charge is 2.32. The third kappa shape index (κ3) is 4.00. The van der Waals surface area contributed by atoms with Crippen molar-refractivity contribution < 1.29 is 14.1 Å². The average molecular weight is 415 g/mol.